The molecule has 0 aromatic rings. The fourth-order valence-electron chi connectivity index (χ4n) is 3.61. The molecule has 0 fully saturated rings. The van der Waals surface area contributed by atoms with Crippen LogP contribution in [0.25, 0.3) is 0 Å². The van der Waals surface area contributed by atoms with Crippen molar-refractivity contribution in [2.45, 2.75) is 96.8 Å². The standard InChI is InChI=1S/C28H54O9/c1-2-3-4-5-6-7-8-9-10-11-12-13-14-15-28(31)37-25-24-35-21-20-33-17-16-32-18-19-34-22-23-36-26-27(29)30/h2-26H2,1H3,(H,29,30). The second-order valence-corrected chi connectivity index (χ2v) is 9.11. The molecular weight excluding hydrogens is 480 g/mol. The van der Waals surface area contributed by atoms with E-state index in [1.54, 1.807) is 0 Å². The highest BCUT2D eigenvalue weighted by Crippen LogP contribution is 2.13. The summed E-state index contributed by atoms with van der Waals surface area (Å²) >= 11 is 0. The molecule has 0 amide bonds. The van der Waals surface area contributed by atoms with Crippen LogP contribution >= 0.6 is 0 Å². The third-order valence-electron chi connectivity index (χ3n) is 5.69. The summed E-state index contributed by atoms with van der Waals surface area (Å²) in [6.07, 6.45) is 17.3. The minimum absolute atomic E-state index is 0.142. The molecule has 1 N–H and O–H groups in total. The van der Waals surface area contributed by atoms with Crippen LogP contribution in [0.15, 0.2) is 0 Å². The molecule has 0 aliphatic carbocycles. The average molecular weight is 535 g/mol. The lowest BCUT2D eigenvalue weighted by Crippen LogP contribution is -2.15. The van der Waals surface area contributed by atoms with E-state index in [1.807, 2.05) is 0 Å². The Bertz CT molecular complexity index is 488. The van der Waals surface area contributed by atoms with Gasteiger partial charge in [-0.3, -0.25) is 4.79 Å². The summed E-state index contributed by atoms with van der Waals surface area (Å²) in [6, 6.07) is 0. The topological polar surface area (TPSA) is 110 Å². The Balaban J connectivity index is 3.15. The van der Waals surface area contributed by atoms with E-state index in [0.29, 0.717) is 59.3 Å². The largest absolute Gasteiger partial charge is 0.480 e. The van der Waals surface area contributed by atoms with E-state index >= 15 is 0 Å². The third-order valence-corrected chi connectivity index (χ3v) is 5.69. The van der Waals surface area contributed by atoms with Crippen molar-refractivity contribution in [2.24, 2.45) is 0 Å². The number of carboxylic acids is 1. The highest BCUT2D eigenvalue weighted by Gasteiger charge is 2.03. The first-order chi connectivity index (χ1) is 18.2. The van der Waals surface area contributed by atoms with Gasteiger partial charge in [0.1, 0.15) is 13.2 Å². The Kier molecular flexibility index (Phi) is 29.9. The molecule has 0 atom stereocenters. The Morgan fingerprint density at radius 3 is 1.24 bits per heavy atom. The lowest BCUT2D eigenvalue weighted by molar-refractivity contribution is -0.145. The molecular formula is C28H54O9. The zero-order valence-corrected chi connectivity index (χ0v) is 23.4. The molecule has 0 saturated heterocycles. The van der Waals surface area contributed by atoms with Gasteiger partial charge in [0.2, 0.25) is 0 Å². The van der Waals surface area contributed by atoms with Gasteiger partial charge in [-0.25, -0.2) is 4.79 Å². The maximum Gasteiger partial charge on any atom is 0.329 e. The lowest BCUT2D eigenvalue weighted by Gasteiger charge is -2.08. The van der Waals surface area contributed by atoms with Crippen molar-refractivity contribution >= 4 is 11.9 Å². The smallest absolute Gasteiger partial charge is 0.329 e. The van der Waals surface area contributed by atoms with Crippen LogP contribution < -0.4 is 0 Å². The first-order valence-electron chi connectivity index (χ1n) is 14.4. The molecule has 0 saturated carbocycles. The molecule has 0 bridgehead atoms. The van der Waals surface area contributed by atoms with Gasteiger partial charge < -0.3 is 33.5 Å². The van der Waals surface area contributed by atoms with Crippen LogP contribution in [0.3, 0.4) is 0 Å². The Labute approximate surface area is 224 Å². The number of aliphatic carboxylic acids is 1. The minimum atomic E-state index is -0.993. The van der Waals surface area contributed by atoms with Crippen LogP contribution in [-0.2, 0) is 38.0 Å². The number of carbonyl (C=O) groups is 2. The summed E-state index contributed by atoms with van der Waals surface area (Å²) in [7, 11) is 0. The van der Waals surface area contributed by atoms with Gasteiger partial charge in [0.25, 0.3) is 0 Å². The number of esters is 1. The molecule has 0 aliphatic heterocycles. The summed E-state index contributed by atoms with van der Waals surface area (Å²) < 4.78 is 31.4. The van der Waals surface area contributed by atoms with Gasteiger partial charge >= 0.3 is 11.9 Å². The fourth-order valence-corrected chi connectivity index (χ4v) is 3.61. The molecule has 0 aromatic carbocycles. The number of rotatable bonds is 31. The molecule has 0 aliphatic rings. The van der Waals surface area contributed by atoms with E-state index in [-0.39, 0.29) is 25.8 Å². The first kappa shape index (κ1) is 35.7. The second-order valence-electron chi connectivity index (χ2n) is 9.11. The molecule has 0 spiro atoms. The Morgan fingerprint density at radius 1 is 0.486 bits per heavy atom. The molecule has 220 valence electrons. The SMILES string of the molecule is CCCCCCCCCCCCCCCC(=O)OCCOCCOCCOCCOCCOCC(=O)O. The predicted molar refractivity (Wildman–Crippen MR) is 143 cm³/mol. The number of unbranched alkanes of at least 4 members (excludes halogenated alkanes) is 12. The molecule has 9 heteroatoms. The van der Waals surface area contributed by atoms with Crippen molar-refractivity contribution < 1.29 is 43.1 Å². The van der Waals surface area contributed by atoms with E-state index in [9.17, 15) is 9.59 Å². The summed E-state index contributed by atoms with van der Waals surface area (Å²) in [4.78, 5) is 22.0. The summed E-state index contributed by atoms with van der Waals surface area (Å²) in [5.41, 5.74) is 0. The van der Waals surface area contributed by atoms with Gasteiger partial charge in [-0.2, -0.15) is 0 Å². The number of hydrogen-bond acceptors (Lipinski definition) is 8. The summed E-state index contributed by atoms with van der Waals surface area (Å²) in [5, 5.41) is 8.41. The third kappa shape index (κ3) is 32.7. The Hall–Kier alpha value is -1.26. The van der Waals surface area contributed by atoms with Crippen LogP contribution in [0, 0.1) is 0 Å². The van der Waals surface area contributed by atoms with Crippen molar-refractivity contribution in [1.29, 1.82) is 0 Å². The van der Waals surface area contributed by atoms with Crippen LogP contribution in [0.2, 0.25) is 0 Å². The highest BCUT2D eigenvalue weighted by molar-refractivity contribution is 5.69. The van der Waals surface area contributed by atoms with Crippen molar-refractivity contribution in [3.8, 4) is 0 Å². The average Bonchev–Trinajstić information content (AvgIpc) is 2.88. The van der Waals surface area contributed by atoms with Crippen molar-refractivity contribution in [2.75, 3.05) is 72.7 Å². The van der Waals surface area contributed by atoms with Crippen molar-refractivity contribution in [1.82, 2.24) is 0 Å². The molecule has 0 rings (SSSR count). The van der Waals surface area contributed by atoms with Gasteiger partial charge in [0.05, 0.1) is 59.5 Å². The van der Waals surface area contributed by atoms with E-state index in [2.05, 4.69) is 6.92 Å². The van der Waals surface area contributed by atoms with Gasteiger partial charge in [-0.05, 0) is 6.42 Å². The zero-order chi connectivity index (χ0) is 27.1. The van der Waals surface area contributed by atoms with E-state index < -0.39 is 5.97 Å². The molecule has 0 aromatic heterocycles. The molecule has 0 heterocycles. The van der Waals surface area contributed by atoms with Crippen molar-refractivity contribution in [3.05, 3.63) is 0 Å². The molecule has 9 nitrogen and oxygen atoms in total. The van der Waals surface area contributed by atoms with Gasteiger partial charge in [0.15, 0.2) is 0 Å². The number of carboxylic acid groups (broad SMARTS) is 1. The second kappa shape index (κ2) is 31.0. The fraction of sp³-hybridized carbons (Fsp3) is 0.929. The Morgan fingerprint density at radius 2 is 0.838 bits per heavy atom. The van der Waals surface area contributed by atoms with Crippen LogP contribution in [0.5, 0.6) is 0 Å². The zero-order valence-electron chi connectivity index (χ0n) is 23.4. The van der Waals surface area contributed by atoms with E-state index in [4.69, 9.17) is 33.5 Å². The summed E-state index contributed by atoms with van der Waals surface area (Å²) in [5.74, 6) is -1.13. The maximum absolute atomic E-state index is 11.8. The number of carbonyl (C=O) groups excluding carboxylic acids is 1. The van der Waals surface area contributed by atoms with E-state index in [0.717, 1.165) is 12.8 Å². The molecule has 37 heavy (non-hydrogen) atoms. The van der Waals surface area contributed by atoms with Gasteiger partial charge in [-0.15, -0.1) is 0 Å². The summed E-state index contributed by atoms with van der Waals surface area (Å²) in [6.45, 7) is 5.83. The first-order valence-corrected chi connectivity index (χ1v) is 14.4. The quantitative estimate of drug-likeness (QED) is 0.0950. The molecule has 0 unspecified atom stereocenters. The predicted octanol–water partition coefficient (Wildman–Crippen LogP) is 5.18. The lowest BCUT2D eigenvalue weighted by atomic mass is 10.0. The van der Waals surface area contributed by atoms with Gasteiger partial charge in [0, 0.05) is 6.42 Å². The van der Waals surface area contributed by atoms with Gasteiger partial charge in [-0.1, -0.05) is 84.0 Å². The van der Waals surface area contributed by atoms with Crippen LogP contribution in [0.4, 0.5) is 0 Å². The number of ether oxygens (including phenoxy) is 6. The minimum Gasteiger partial charge on any atom is -0.480 e. The normalized spacial score (nSPS) is 11.2. The maximum atomic E-state index is 11.8. The number of hydrogen-bond donors (Lipinski definition) is 1. The van der Waals surface area contributed by atoms with E-state index in [1.165, 1.54) is 70.6 Å². The van der Waals surface area contributed by atoms with Crippen LogP contribution in [-0.4, -0.2) is 89.7 Å². The molecule has 0 radical (unpaired) electrons. The highest BCUT2D eigenvalue weighted by atomic mass is 16.6. The van der Waals surface area contributed by atoms with Crippen molar-refractivity contribution in [3.63, 3.8) is 0 Å². The monoisotopic (exact) mass is 534 g/mol. The van der Waals surface area contributed by atoms with Crippen LogP contribution in [0.1, 0.15) is 96.8 Å².